The smallest absolute Gasteiger partial charge is 0.274 e. The number of likely N-dealkylation sites (tertiary alicyclic amines) is 1. The first-order valence-electron chi connectivity index (χ1n) is 12.8. The summed E-state index contributed by atoms with van der Waals surface area (Å²) in [4.78, 5) is 49.5. The topological polar surface area (TPSA) is 121 Å². The van der Waals surface area contributed by atoms with Gasteiger partial charge in [0.25, 0.3) is 5.91 Å². The molecule has 4 rings (SSSR count). The minimum absolute atomic E-state index is 0.0795. The Morgan fingerprint density at radius 1 is 1.22 bits per heavy atom. The van der Waals surface area contributed by atoms with Crippen molar-refractivity contribution < 1.29 is 18.9 Å². The van der Waals surface area contributed by atoms with Crippen molar-refractivity contribution >= 4 is 28.6 Å². The third kappa shape index (κ3) is 5.66. The minimum Gasteiger partial charge on any atom is -0.361 e. The maximum absolute atomic E-state index is 13.5. The third-order valence-electron chi connectivity index (χ3n) is 7.06. The zero-order chi connectivity index (χ0) is 25.8. The second kappa shape index (κ2) is 11.1. The number of hydrogen-bond donors (Lipinski definition) is 2. The number of piperidine rings is 1. The van der Waals surface area contributed by atoms with Crippen LogP contribution in [0.25, 0.3) is 11.0 Å². The molecule has 9 heteroatoms. The third-order valence-corrected chi connectivity index (χ3v) is 7.06. The van der Waals surface area contributed by atoms with Crippen LogP contribution in [0.5, 0.6) is 0 Å². The van der Waals surface area contributed by atoms with Crippen LogP contribution in [0.1, 0.15) is 85.9 Å². The van der Waals surface area contributed by atoms with Gasteiger partial charge in [0, 0.05) is 31.0 Å². The second-order valence-corrected chi connectivity index (χ2v) is 9.86. The van der Waals surface area contributed by atoms with E-state index < -0.39 is 11.9 Å². The lowest BCUT2D eigenvalue weighted by atomic mass is 9.95. The molecule has 3 heterocycles. The molecule has 2 aromatic heterocycles. The highest BCUT2D eigenvalue weighted by Crippen LogP contribution is 2.24. The van der Waals surface area contributed by atoms with Crippen LogP contribution in [-0.4, -0.2) is 56.3 Å². The highest BCUT2D eigenvalue weighted by Gasteiger charge is 2.32. The van der Waals surface area contributed by atoms with Gasteiger partial charge >= 0.3 is 0 Å². The van der Waals surface area contributed by atoms with E-state index in [2.05, 4.69) is 22.4 Å². The zero-order valence-corrected chi connectivity index (χ0v) is 21.5. The number of fused-ring (bicyclic) bond motifs is 1. The Labute approximate surface area is 211 Å². The standard InChI is InChI=1S/C27H35N5O4/c1-5-19-10-6-7-12-32(19)24(34)15-21(29-27(35)22-14-18(4)36-31-22)23(33)13-17(3)26-28-20-11-8-9-16(2)25(20)30-26/h8-9,11,14,17,19,21H,5-7,10,12-13,15H2,1-4H3,(H,28,30)(H,29,35)/t17-,19+,21+/m1/s1. The molecule has 1 aliphatic heterocycles. The fraction of sp³-hybridized carbons (Fsp3) is 0.519. The van der Waals surface area contributed by atoms with E-state index in [-0.39, 0.29) is 42.2 Å². The molecule has 0 radical (unpaired) electrons. The van der Waals surface area contributed by atoms with Crippen LogP contribution < -0.4 is 5.32 Å². The van der Waals surface area contributed by atoms with Gasteiger partial charge in [-0.3, -0.25) is 14.4 Å². The number of aryl methyl sites for hydroxylation is 2. The number of amides is 2. The van der Waals surface area contributed by atoms with Crippen molar-refractivity contribution in [2.24, 2.45) is 0 Å². The van der Waals surface area contributed by atoms with Gasteiger partial charge < -0.3 is 19.7 Å². The van der Waals surface area contributed by atoms with E-state index in [1.807, 2.05) is 36.9 Å². The van der Waals surface area contributed by atoms with Gasteiger partial charge in [-0.05, 0) is 51.2 Å². The summed E-state index contributed by atoms with van der Waals surface area (Å²) in [6.45, 7) is 8.36. The average molecular weight is 494 g/mol. The van der Waals surface area contributed by atoms with E-state index in [0.717, 1.165) is 42.3 Å². The molecule has 2 amide bonds. The highest BCUT2D eigenvalue weighted by molar-refractivity contribution is 5.98. The lowest BCUT2D eigenvalue weighted by Crippen LogP contribution is -2.49. The predicted molar refractivity (Wildman–Crippen MR) is 136 cm³/mol. The summed E-state index contributed by atoms with van der Waals surface area (Å²) in [5.74, 6) is 0.127. The van der Waals surface area contributed by atoms with E-state index in [1.165, 1.54) is 6.07 Å². The molecule has 36 heavy (non-hydrogen) atoms. The number of imidazole rings is 1. The average Bonchev–Trinajstić information content (AvgIpc) is 3.51. The van der Waals surface area contributed by atoms with Gasteiger partial charge in [-0.1, -0.05) is 31.1 Å². The van der Waals surface area contributed by atoms with Gasteiger partial charge in [-0.15, -0.1) is 0 Å². The molecule has 3 aromatic rings. The van der Waals surface area contributed by atoms with Crippen LogP contribution in [0.15, 0.2) is 28.8 Å². The fourth-order valence-electron chi connectivity index (χ4n) is 4.96. The van der Waals surface area contributed by atoms with Crippen molar-refractivity contribution in [3.63, 3.8) is 0 Å². The summed E-state index contributed by atoms with van der Waals surface area (Å²) in [7, 11) is 0. The van der Waals surface area contributed by atoms with Crippen molar-refractivity contribution in [1.29, 1.82) is 0 Å². The number of hydrogen-bond acceptors (Lipinski definition) is 6. The molecule has 0 unspecified atom stereocenters. The lowest BCUT2D eigenvalue weighted by molar-refractivity contribution is -0.137. The molecule has 1 fully saturated rings. The monoisotopic (exact) mass is 493 g/mol. The van der Waals surface area contributed by atoms with Crippen molar-refractivity contribution in [3.05, 3.63) is 47.1 Å². The van der Waals surface area contributed by atoms with Crippen LogP contribution in [0.3, 0.4) is 0 Å². The quantitative estimate of drug-likeness (QED) is 0.461. The SMILES string of the molecule is CC[C@H]1CCCCN1C(=O)C[C@H](NC(=O)c1cc(C)on1)C(=O)C[C@@H](C)c1nc2c(C)cccc2[nH]1. The zero-order valence-electron chi connectivity index (χ0n) is 21.5. The second-order valence-electron chi connectivity index (χ2n) is 9.86. The summed E-state index contributed by atoms with van der Waals surface area (Å²) in [6, 6.07) is 6.63. The molecule has 0 saturated carbocycles. The molecule has 1 aromatic carbocycles. The molecular weight excluding hydrogens is 458 g/mol. The number of aromatic amines is 1. The normalized spacial score (nSPS) is 17.7. The molecule has 1 saturated heterocycles. The number of aromatic nitrogens is 3. The van der Waals surface area contributed by atoms with Crippen molar-refractivity contribution in [2.75, 3.05) is 6.54 Å². The maximum Gasteiger partial charge on any atom is 0.274 e. The number of benzene rings is 1. The number of para-hydroxylation sites is 1. The van der Waals surface area contributed by atoms with E-state index in [4.69, 9.17) is 9.51 Å². The van der Waals surface area contributed by atoms with E-state index in [9.17, 15) is 14.4 Å². The van der Waals surface area contributed by atoms with Crippen LogP contribution in [0.2, 0.25) is 0 Å². The minimum atomic E-state index is -0.963. The number of carbonyl (C=O) groups is 3. The maximum atomic E-state index is 13.5. The summed E-state index contributed by atoms with van der Waals surface area (Å²) in [5.41, 5.74) is 2.94. The van der Waals surface area contributed by atoms with Crippen LogP contribution >= 0.6 is 0 Å². The summed E-state index contributed by atoms with van der Waals surface area (Å²) in [6.07, 6.45) is 3.94. The fourth-order valence-corrected chi connectivity index (χ4v) is 4.96. The summed E-state index contributed by atoms with van der Waals surface area (Å²) >= 11 is 0. The molecule has 9 nitrogen and oxygen atoms in total. The van der Waals surface area contributed by atoms with Gasteiger partial charge in [0.05, 0.1) is 23.5 Å². The Hall–Kier alpha value is -3.49. The van der Waals surface area contributed by atoms with Crippen LogP contribution in [0, 0.1) is 13.8 Å². The first kappa shape index (κ1) is 25.6. The Morgan fingerprint density at radius 2 is 2.03 bits per heavy atom. The van der Waals surface area contributed by atoms with Crippen molar-refractivity contribution in [2.45, 2.75) is 84.2 Å². The number of H-pyrrole nitrogens is 1. The highest BCUT2D eigenvalue weighted by atomic mass is 16.5. The first-order valence-corrected chi connectivity index (χ1v) is 12.8. The van der Waals surface area contributed by atoms with Gasteiger partial charge in [-0.2, -0.15) is 0 Å². The Kier molecular flexibility index (Phi) is 7.86. The van der Waals surface area contributed by atoms with Gasteiger partial charge in [0.15, 0.2) is 11.5 Å². The summed E-state index contributed by atoms with van der Waals surface area (Å²) in [5, 5.41) is 6.51. The van der Waals surface area contributed by atoms with Crippen LogP contribution in [0.4, 0.5) is 0 Å². The molecule has 1 aliphatic rings. The lowest BCUT2D eigenvalue weighted by Gasteiger charge is -2.36. The van der Waals surface area contributed by atoms with Crippen molar-refractivity contribution in [3.8, 4) is 0 Å². The number of ketones is 1. The number of nitrogens with zero attached hydrogens (tertiary/aromatic N) is 3. The largest absolute Gasteiger partial charge is 0.361 e. The summed E-state index contributed by atoms with van der Waals surface area (Å²) < 4.78 is 5.01. The number of nitrogens with one attached hydrogen (secondary N) is 2. The van der Waals surface area contributed by atoms with Crippen molar-refractivity contribution in [1.82, 2.24) is 25.3 Å². The van der Waals surface area contributed by atoms with Gasteiger partial charge in [-0.25, -0.2) is 4.98 Å². The number of Topliss-reactive ketones (excluding diaryl/α,β-unsaturated/α-hetero) is 1. The van der Waals surface area contributed by atoms with E-state index >= 15 is 0 Å². The van der Waals surface area contributed by atoms with Crippen LogP contribution in [-0.2, 0) is 9.59 Å². The molecular formula is C27H35N5O4. The molecule has 0 spiro atoms. The molecule has 0 aliphatic carbocycles. The molecule has 192 valence electrons. The first-order chi connectivity index (χ1) is 17.3. The molecule has 3 atom stereocenters. The van der Waals surface area contributed by atoms with E-state index in [1.54, 1.807) is 6.92 Å². The number of rotatable bonds is 9. The molecule has 2 N–H and O–H groups in total. The van der Waals surface area contributed by atoms with E-state index in [0.29, 0.717) is 18.1 Å². The Morgan fingerprint density at radius 3 is 2.72 bits per heavy atom. The Bertz CT molecular complexity index is 1250. The van der Waals surface area contributed by atoms with Gasteiger partial charge in [0.1, 0.15) is 11.6 Å². The predicted octanol–water partition coefficient (Wildman–Crippen LogP) is 4.21. The van der Waals surface area contributed by atoms with Gasteiger partial charge in [0.2, 0.25) is 5.91 Å². The number of carbonyl (C=O) groups excluding carboxylic acids is 3. The Balaban J connectivity index is 1.51. The molecule has 0 bridgehead atoms.